The molecule has 2 aliphatic rings. The first-order valence-electron chi connectivity index (χ1n) is 8.87. The van der Waals surface area contributed by atoms with Gasteiger partial charge in [-0.15, -0.1) is 0 Å². The molecular weight excluding hydrogens is 380 g/mol. The second kappa shape index (κ2) is 9.43. The molecule has 0 N–H and O–H groups in total. The van der Waals surface area contributed by atoms with Crippen molar-refractivity contribution in [1.82, 2.24) is 13.5 Å². The minimum Gasteiger partial charge on any atom is -0.379 e. The number of nitrogens with zero attached hydrogens (tertiary/aromatic N) is 4. The van der Waals surface area contributed by atoms with E-state index < -0.39 is 26.1 Å². The summed E-state index contributed by atoms with van der Waals surface area (Å²) in [7, 11) is -5.56. The summed E-state index contributed by atoms with van der Waals surface area (Å²) in [6.45, 7) is 4.13. The normalized spacial score (nSPS) is 24.2. The Balaban J connectivity index is 2.04. The Morgan fingerprint density at radius 2 is 1.96 bits per heavy atom. The van der Waals surface area contributed by atoms with Crippen LogP contribution < -0.4 is 0 Å². The topological polar surface area (TPSA) is 111 Å². The first-order chi connectivity index (χ1) is 12.3. The van der Waals surface area contributed by atoms with Crippen LogP contribution in [0.4, 0.5) is 0 Å². The summed E-state index contributed by atoms with van der Waals surface area (Å²) >= 11 is 0. The molecule has 0 aliphatic carbocycles. The van der Waals surface area contributed by atoms with Gasteiger partial charge < -0.3 is 4.74 Å². The maximum absolute atomic E-state index is 12.9. The van der Waals surface area contributed by atoms with E-state index in [1.807, 2.05) is 6.07 Å². The molecule has 2 rings (SSSR count). The average Bonchev–Trinajstić information content (AvgIpc) is 2.96. The lowest BCUT2D eigenvalue weighted by molar-refractivity contribution is 0.0366. The first kappa shape index (κ1) is 21.5. The fraction of sp³-hybridized carbons (Fsp3) is 0.933. The van der Waals surface area contributed by atoms with E-state index in [0.29, 0.717) is 26.1 Å². The Morgan fingerprint density at radius 3 is 2.54 bits per heavy atom. The highest BCUT2D eigenvalue weighted by Gasteiger charge is 2.39. The van der Waals surface area contributed by atoms with Gasteiger partial charge in [-0.25, -0.2) is 8.42 Å². The lowest BCUT2D eigenvalue weighted by atomic mass is 10.2. The van der Waals surface area contributed by atoms with Crippen molar-refractivity contribution in [1.29, 1.82) is 5.26 Å². The fourth-order valence-corrected chi connectivity index (χ4v) is 6.69. The highest BCUT2D eigenvalue weighted by atomic mass is 32.2. The largest absolute Gasteiger partial charge is 0.379 e. The van der Waals surface area contributed by atoms with E-state index in [4.69, 9.17) is 10.00 Å². The molecule has 0 aromatic carbocycles. The Kier molecular flexibility index (Phi) is 7.81. The monoisotopic (exact) mass is 408 g/mol. The third-order valence-electron chi connectivity index (χ3n) is 4.80. The lowest BCUT2D eigenvalue weighted by Gasteiger charge is -2.32. The predicted molar refractivity (Wildman–Crippen MR) is 97.4 cm³/mol. The maximum atomic E-state index is 12.9. The van der Waals surface area contributed by atoms with Crippen LogP contribution in [0.1, 0.15) is 19.3 Å². The summed E-state index contributed by atoms with van der Waals surface area (Å²) in [4.78, 5) is 2.22. The van der Waals surface area contributed by atoms with Crippen LogP contribution in [0.2, 0.25) is 0 Å². The average molecular weight is 409 g/mol. The molecule has 9 nitrogen and oxygen atoms in total. The van der Waals surface area contributed by atoms with Gasteiger partial charge in [0.15, 0.2) is 9.84 Å². The second-order valence-corrected chi connectivity index (χ2v) is 10.9. The number of hydrogen-bond acceptors (Lipinski definition) is 7. The summed E-state index contributed by atoms with van der Waals surface area (Å²) in [5.74, 6) is -0.106. The number of sulfone groups is 1. The number of hydrogen-bond donors (Lipinski definition) is 0. The molecule has 0 spiro atoms. The molecule has 2 saturated heterocycles. The molecule has 150 valence electrons. The van der Waals surface area contributed by atoms with Crippen LogP contribution in [-0.4, -0.2) is 101 Å². The van der Waals surface area contributed by atoms with E-state index in [1.54, 1.807) is 0 Å². The van der Waals surface area contributed by atoms with Crippen LogP contribution in [0.15, 0.2) is 0 Å². The van der Waals surface area contributed by atoms with Gasteiger partial charge in [0.25, 0.3) is 10.2 Å². The van der Waals surface area contributed by atoms with E-state index in [1.165, 1.54) is 11.4 Å². The number of nitriles is 1. The van der Waals surface area contributed by atoms with E-state index in [9.17, 15) is 16.8 Å². The SMILES string of the molecule is CN(CCC#N)S(=O)(=O)N(CCCN1CCOCC1)C1CCS(=O)(=O)C1. The van der Waals surface area contributed by atoms with Gasteiger partial charge in [-0.1, -0.05) is 0 Å². The van der Waals surface area contributed by atoms with Gasteiger partial charge in [0.2, 0.25) is 0 Å². The zero-order valence-corrected chi connectivity index (χ0v) is 16.8. The molecule has 0 aromatic heterocycles. The Hall–Kier alpha value is -0.770. The minimum absolute atomic E-state index is 0.0229. The standard InChI is InChI=1S/C15H28N4O5S2/c1-17(6-2-5-16)26(22,23)19(15-4-13-25(20,21)14-15)8-3-7-18-9-11-24-12-10-18/h15H,2-4,6-14H2,1H3. The Bertz CT molecular complexity index is 698. The fourth-order valence-electron chi connectivity index (χ4n) is 3.27. The van der Waals surface area contributed by atoms with Gasteiger partial charge in [0.1, 0.15) is 0 Å². The molecule has 0 saturated carbocycles. The molecule has 2 fully saturated rings. The van der Waals surface area contributed by atoms with Gasteiger partial charge in [-0.2, -0.15) is 22.3 Å². The Morgan fingerprint density at radius 1 is 1.27 bits per heavy atom. The molecule has 0 aromatic rings. The predicted octanol–water partition coefficient (Wildman–Crippen LogP) is -0.712. The highest BCUT2D eigenvalue weighted by Crippen LogP contribution is 2.22. The van der Waals surface area contributed by atoms with Crippen molar-refractivity contribution < 1.29 is 21.6 Å². The molecule has 2 aliphatic heterocycles. The van der Waals surface area contributed by atoms with E-state index in [-0.39, 0.29) is 31.0 Å². The number of rotatable bonds is 9. The molecule has 26 heavy (non-hydrogen) atoms. The first-order valence-corrected chi connectivity index (χ1v) is 12.1. The lowest BCUT2D eigenvalue weighted by Crippen LogP contribution is -2.49. The van der Waals surface area contributed by atoms with Crippen LogP contribution in [0.3, 0.4) is 0 Å². The van der Waals surface area contributed by atoms with Gasteiger partial charge in [-0.3, -0.25) is 4.90 Å². The van der Waals surface area contributed by atoms with Crippen molar-refractivity contribution in [2.24, 2.45) is 0 Å². The third-order valence-corrected chi connectivity index (χ3v) is 8.60. The molecule has 2 heterocycles. The van der Waals surface area contributed by atoms with Crippen molar-refractivity contribution >= 4 is 20.0 Å². The molecule has 0 radical (unpaired) electrons. The van der Waals surface area contributed by atoms with Crippen LogP contribution in [0.5, 0.6) is 0 Å². The van der Waals surface area contributed by atoms with Crippen molar-refractivity contribution in [3.8, 4) is 6.07 Å². The zero-order chi connectivity index (χ0) is 19.2. The molecule has 0 bridgehead atoms. The Labute approximate surface area is 156 Å². The van der Waals surface area contributed by atoms with Crippen LogP contribution in [-0.2, 0) is 24.8 Å². The molecule has 1 atom stereocenters. The van der Waals surface area contributed by atoms with Gasteiger partial charge in [-0.05, 0) is 19.4 Å². The van der Waals surface area contributed by atoms with Gasteiger partial charge >= 0.3 is 0 Å². The molecule has 11 heteroatoms. The van der Waals surface area contributed by atoms with Crippen molar-refractivity contribution in [3.05, 3.63) is 0 Å². The zero-order valence-electron chi connectivity index (χ0n) is 15.2. The van der Waals surface area contributed by atoms with E-state index in [2.05, 4.69) is 4.90 Å². The van der Waals surface area contributed by atoms with Crippen LogP contribution >= 0.6 is 0 Å². The van der Waals surface area contributed by atoms with E-state index in [0.717, 1.165) is 23.9 Å². The third kappa shape index (κ3) is 5.87. The quantitative estimate of drug-likeness (QED) is 0.495. The smallest absolute Gasteiger partial charge is 0.282 e. The highest BCUT2D eigenvalue weighted by molar-refractivity contribution is 7.91. The summed E-state index contributed by atoms with van der Waals surface area (Å²) in [5, 5.41) is 8.71. The van der Waals surface area contributed by atoms with E-state index >= 15 is 0 Å². The molecule has 1 unspecified atom stereocenters. The second-order valence-electron chi connectivity index (χ2n) is 6.71. The summed E-state index contributed by atoms with van der Waals surface area (Å²) in [6, 6.07) is 1.41. The summed E-state index contributed by atoms with van der Waals surface area (Å²) < 4.78 is 57.3. The summed E-state index contributed by atoms with van der Waals surface area (Å²) in [6.07, 6.45) is 1.05. The number of ether oxygens (including phenoxy) is 1. The summed E-state index contributed by atoms with van der Waals surface area (Å²) in [5.41, 5.74) is 0. The molecular formula is C15H28N4O5S2. The maximum Gasteiger partial charge on any atom is 0.282 e. The minimum atomic E-state index is -3.80. The number of morpholine rings is 1. The van der Waals surface area contributed by atoms with Crippen LogP contribution in [0.25, 0.3) is 0 Å². The van der Waals surface area contributed by atoms with Gasteiger partial charge in [0.05, 0.1) is 30.8 Å². The van der Waals surface area contributed by atoms with Crippen LogP contribution in [0, 0.1) is 11.3 Å². The van der Waals surface area contributed by atoms with Crippen molar-refractivity contribution in [2.45, 2.75) is 25.3 Å². The van der Waals surface area contributed by atoms with Crippen molar-refractivity contribution in [2.75, 3.05) is 64.5 Å². The van der Waals surface area contributed by atoms with Gasteiger partial charge in [0, 0.05) is 45.7 Å². The molecule has 0 amide bonds. The van der Waals surface area contributed by atoms with Crippen molar-refractivity contribution in [3.63, 3.8) is 0 Å².